The average molecular weight is 160 g/mol. The topological polar surface area (TPSA) is 64.8 Å². The summed E-state index contributed by atoms with van der Waals surface area (Å²) in [6.07, 6.45) is -0.465. The molecular weight excluding hydrogens is 148 g/mol. The van der Waals surface area contributed by atoms with E-state index in [-0.39, 0.29) is 5.91 Å². The van der Waals surface area contributed by atoms with E-state index in [1.165, 1.54) is 6.92 Å². The molecule has 0 aliphatic carbocycles. The van der Waals surface area contributed by atoms with Crippen LogP contribution in [0, 0.1) is 0 Å². The van der Waals surface area contributed by atoms with E-state index < -0.39 is 6.29 Å². The third kappa shape index (κ3) is 2.14. The second kappa shape index (κ2) is 3.66. The molecular formula is C6H12N2O3. The lowest BCUT2D eigenvalue weighted by atomic mass is 10.4. The number of carbonyl (C=O) groups excluding carboxylic acids is 1. The van der Waals surface area contributed by atoms with E-state index >= 15 is 0 Å². The molecule has 1 rings (SSSR count). The number of ether oxygens (including phenoxy) is 1. The second-order valence-corrected chi connectivity index (χ2v) is 2.40. The highest BCUT2D eigenvalue weighted by molar-refractivity contribution is 5.73. The van der Waals surface area contributed by atoms with Crippen molar-refractivity contribution in [1.29, 1.82) is 0 Å². The number of morpholine rings is 1. The summed E-state index contributed by atoms with van der Waals surface area (Å²) in [5.74, 6) is 4.93. The van der Waals surface area contributed by atoms with Crippen LogP contribution in [-0.4, -0.2) is 36.8 Å². The summed E-state index contributed by atoms with van der Waals surface area (Å²) in [5.41, 5.74) is 0. The Bertz CT molecular complexity index is 151. The molecule has 5 nitrogen and oxygen atoms in total. The molecule has 11 heavy (non-hydrogen) atoms. The molecule has 1 saturated heterocycles. The van der Waals surface area contributed by atoms with E-state index in [9.17, 15) is 4.79 Å². The Morgan fingerprint density at radius 1 is 1.82 bits per heavy atom. The highest BCUT2D eigenvalue weighted by Gasteiger charge is 2.21. The number of nitrogens with zero attached hydrogens (tertiary/aromatic N) is 1. The smallest absolute Gasteiger partial charge is 0.219 e. The zero-order valence-electron chi connectivity index (χ0n) is 6.45. The summed E-state index contributed by atoms with van der Waals surface area (Å²) in [5, 5.41) is 0. The second-order valence-electron chi connectivity index (χ2n) is 2.40. The Hall–Kier alpha value is -0.650. The highest BCUT2D eigenvalue weighted by Crippen LogP contribution is 2.04. The first kappa shape index (κ1) is 8.45. The van der Waals surface area contributed by atoms with Crippen molar-refractivity contribution in [2.75, 3.05) is 19.7 Å². The van der Waals surface area contributed by atoms with Crippen molar-refractivity contribution >= 4 is 5.91 Å². The van der Waals surface area contributed by atoms with Crippen LogP contribution >= 0.6 is 0 Å². The molecule has 2 N–H and O–H groups in total. The molecule has 5 heteroatoms. The summed E-state index contributed by atoms with van der Waals surface area (Å²) in [7, 11) is 0. The Balaban J connectivity index is 2.39. The van der Waals surface area contributed by atoms with Gasteiger partial charge in [-0.3, -0.25) is 9.63 Å². The van der Waals surface area contributed by atoms with Crippen LogP contribution in [0.3, 0.4) is 0 Å². The molecule has 0 saturated carbocycles. The van der Waals surface area contributed by atoms with Gasteiger partial charge in [-0.1, -0.05) is 0 Å². The molecule has 1 amide bonds. The minimum atomic E-state index is -0.465. The van der Waals surface area contributed by atoms with Crippen molar-refractivity contribution in [3.05, 3.63) is 0 Å². The van der Waals surface area contributed by atoms with Crippen LogP contribution in [0.25, 0.3) is 0 Å². The lowest BCUT2D eigenvalue weighted by molar-refractivity contribution is -0.186. The minimum Gasteiger partial charge on any atom is -0.347 e. The van der Waals surface area contributed by atoms with Gasteiger partial charge in [-0.2, -0.15) is 0 Å². The van der Waals surface area contributed by atoms with Crippen molar-refractivity contribution in [1.82, 2.24) is 4.90 Å². The van der Waals surface area contributed by atoms with Gasteiger partial charge in [-0.05, 0) is 0 Å². The van der Waals surface area contributed by atoms with Crippen molar-refractivity contribution in [2.45, 2.75) is 13.2 Å². The van der Waals surface area contributed by atoms with Gasteiger partial charge in [0.15, 0.2) is 6.29 Å². The van der Waals surface area contributed by atoms with Crippen molar-refractivity contribution in [2.24, 2.45) is 5.90 Å². The van der Waals surface area contributed by atoms with Gasteiger partial charge in [0.05, 0.1) is 13.2 Å². The van der Waals surface area contributed by atoms with E-state index in [0.29, 0.717) is 19.7 Å². The lowest BCUT2D eigenvalue weighted by Crippen LogP contribution is -2.46. The first-order valence-corrected chi connectivity index (χ1v) is 3.46. The summed E-state index contributed by atoms with van der Waals surface area (Å²) in [6.45, 7) is 3.04. The van der Waals surface area contributed by atoms with E-state index in [0.717, 1.165) is 0 Å². The third-order valence-electron chi connectivity index (χ3n) is 1.63. The zero-order chi connectivity index (χ0) is 8.27. The lowest BCUT2D eigenvalue weighted by Gasteiger charge is -2.30. The van der Waals surface area contributed by atoms with Gasteiger partial charge >= 0.3 is 0 Å². The summed E-state index contributed by atoms with van der Waals surface area (Å²) >= 11 is 0. The maximum absolute atomic E-state index is 10.8. The molecule has 64 valence electrons. The van der Waals surface area contributed by atoms with Crippen LogP contribution in [0.4, 0.5) is 0 Å². The fourth-order valence-electron chi connectivity index (χ4n) is 0.987. The molecule has 1 heterocycles. The molecule has 0 spiro atoms. The number of hydrogen-bond acceptors (Lipinski definition) is 4. The van der Waals surface area contributed by atoms with Gasteiger partial charge in [0, 0.05) is 13.5 Å². The normalized spacial score (nSPS) is 25.3. The summed E-state index contributed by atoms with van der Waals surface area (Å²) < 4.78 is 5.07. The monoisotopic (exact) mass is 160 g/mol. The first-order valence-electron chi connectivity index (χ1n) is 3.46. The Morgan fingerprint density at radius 3 is 3.09 bits per heavy atom. The Kier molecular flexibility index (Phi) is 2.81. The van der Waals surface area contributed by atoms with E-state index in [4.69, 9.17) is 10.6 Å². The van der Waals surface area contributed by atoms with Crippen LogP contribution in [0.1, 0.15) is 6.92 Å². The maximum Gasteiger partial charge on any atom is 0.219 e. The van der Waals surface area contributed by atoms with Gasteiger partial charge in [-0.25, -0.2) is 5.90 Å². The minimum absolute atomic E-state index is 0.0235. The van der Waals surface area contributed by atoms with Crippen molar-refractivity contribution in [3.63, 3.8) is 0 Å². The number of amides is 1. The van der Waals surface area contributed by atoms with Crippen LogP contribution in [-0.2, 0) is 14.4 Å². The Morgan fingerprint density at radius 2 is 2.55 bits per heavy atom. The molecule has 0 aromatic rings. The van der Waals surface area contributed by atoms with Crippen molar-refractivity contribution < 1.29 is 14.4 Å². The van der Waals surface area contributed by atoms with E-state index in [1.54, 1.807) is 4.90 Å². The fraction of sp³-hybridized carbons (Fsp3) is 0.833. The fourth-order valence-corrected chi connectivity index (χ4v) is 0.987. The van der Waals surface area contributed by atoms with Crippen molar-refractivity contribution in [3.8, 4) is 0 Å². The summed E-state index contributed by atoms with van der Waals surface area (Å²) in [6, 6.07) is 0. The number of carbonyl (C=O) groups is 1. The highest BCUT2D eigenvalue weighted by atomic mass is 16.8. The summed E-state index contributed by atoms with van der Waals surface area (Å²) in [4.78, 5) is 16.9. The van der Waals surface area contributed by atoms with Crippen LogP contribution in [0.15, 0.2) is 0 Å². The molecule has 0 aromatic heterocycles. The van der Waals surface area contributed by atoms with E-state index in [1.807, 2.05) is 0 Å². The van der Waals surface area contributed by atoms with Gasteiger partial charge in [0.2, 0.25) is 5.91 Å². The molecule has 1 unspecified atom stereocenters. The third-order valence-corrected chi connectivity index (χ3v) is 1.63. The van der Waals surface area contributed by atoms with Crippen LogP contribution in [0.2, 0.25) is 0 Å². The first-order chi connectivity index (χ1) is 5.24. The standard InChI is InChI=1S/C6H12N2O3/c1-5(9)8-2-3-10-6(4-8)11-7/h6H,2-4,7H2,1H3. The average Bonchev–Trinajstić information content (AvgIpc) is 2.05. The van der Waals surface area contributed by atoms with Gasteiger partial charge in [-0.15, -0.1) is 0 Å². The quantitative estimate of drug-likeness (QED) is 0.504. The Labute approximate surface area is 65.0 Å². The zero-order valence-corrected chi connectivity index (χ0v) is 6.45. The van der Waals surface area contributed by atoms with Gasteiger partial charge in [0.25, 0.3) is 0 Å². The molecule has 1 atom stereocenters. The molecule has 0 radical (unpaired) electrons. The predicted molar refractivity (Wildman–Crippen MR) is 37.3 cm³/mol. The van der Waals surface area contributed by atoms with Crippen LogP contribution in [0.5, 0.6) is 0 Å². The predicted octanol–water partition coefficient (Wildman–Crippen LogP) is -0.918. The molecule has 1 fully saturated rings. The van der Waals surface area contributed by atoms with Gasteiger partial charge < -0.3 is 9.64 Å². The molecule has 0 bridgehead atoms. The van der Waals surface area contributed by atoms with Crippen LogP contribution < -0.4 is 5.90 Å². The maximum atomic E-state index is 10.8. The SMILES string of the molecule is CC(=O)N1CCOC(ON)C1. The molecule has 1 aliphatic heterocycles. The van der Waals surface area contributed by atoms with E-state index in [2.05, 4.69) is 4.84 Å². The molecule has 1 aliphatic rings. The largest absolute Gasteiger partial charge is 0.347 e. The number of rotatable bonds is 1. The molecule has 0 aromatic carbocycles. The number of hydrogen-bond donors (Lipinski definition) is 1. The number of nitrogens with two attached hydrogens (primary N) is 1. The van der Waals surface area contributed by atoms with Gasteiger partial charge in [0.1, 0.15) is 0 Å².